The van der Waals surface area contributed by atoms with E-state index in [2.05, 4.69) is 57.2 Å². The molecule has 6 nitrogen and oxygen atoms in total. The van der Waals surface area contributed by atoms with Gasteiger partial charge in [-0.05, 0) is 70.6 Å². The van der Waals surface area contributed by atoms with Crippen molar-refractivity contribution in [1.82, 2.24) is 0 Å². The van der Waals surface area contributed by atoms with Crippen LogP contribution >= 0.6 is 0 Å². The average Bonchev–Trinajstić information content (AvgIpc) is 3.15. The third-order valence-electron chi connectivity index (χ3n) is 9.62. The summed E-state index contributed by atoms with van der Waals surface area (Å²) in [7, 11) is 0. The van der Waals surface area contributed by atoms with Crippen LogP contribution in [0.15, 0.2) is 36.5 Å². The van der Waals surface area contributed by atoms with Crippen molar-refractivity contribution in [2.45, 2.75) is 232 Å². The predicted octanol–water partition coefficient (Wildman–Crippen LogP) is 14.2. The molecule has 0 spiro atoms. The molecular formula is C47H84O6. The van der Waals surface area contributed by atoms with Gasteiger partial charge in [-0.3, -0.25) is 14.4 Å². The first-order valence-electron chi connectivity index (χ1n) is 22.5. The van der Waals surface area contributed by atoms with Crippen LogP contribution < -0.4 is 0 Å². The summed E-state index contributed by atoms with van der Waals surface area (Å²) in [6.45, 7) is 6.52. The SMILES string of the molecule is CCCC/C=C\CCCCCCCC(=O)OC(COC(=O)CCCCCCC/C=C\C/C=C\CCCCCC)COC(=O)CCCCCCCCCC. The fourth-order valence-electron chi connectivity index (χ4n) is 6.16. The van der Waals surface area contributed by atoms with E-state index in [-0.39, 0.29) is 31.1 Å². The molecule has 0 bridgehead atoms. The van der Waals surface area contributed by atoms with Crippen LogP contribution in [0.5, 0.6) is 0 Å². The van der Waals surface area contributed by atoms with Gasteiger partial charge in [-0.15, -0.1) is 0 Å². The summed E-state index contributed by atoms with van der Waals surface area (Å²) in [5.74, 6) is -0.907. The zero-order valence-corrected chi connectivity index (χ0v) is 35.0. The molecule has 0 aliphatic carbocycles. The maximum atomic E-state index is 12.7. The van der Waals surface area contributed by atoms with Crippen molar-refractivity contribution in [3.8, 4) is 0 Å². The van der Waals surface area contributed by atoms with Crippen molar-refractivity contribution in [3.63, 3.8) is 0 Å². The first kappa shape index (κ1) is 50.6. The van der Waals surface area contributed by atoms with Crippen molar-refractivity contribution >= 4 is 17.9 Å². The van der Waals surface area contributed by atoms with Crippen molar-refractivity contribution in [3.05, 3.63) is 36.5 Å². The van der Waals surface area contributed by atoms with Gasteiger partial charge in [0.1, 0.15) is 13.2 Å². The Labute approximate surface area is 327 Å². The van der Waals surface area contributed by atoms with Crippen LogP contribution in [0, 0.1) is 0 Å². The fraction of sp³-hybridized carbons (Fsp3) is 0.809. The summed E-state index contributed by atoms with van der Waals surface area (Å²) >= 11 is 0. The number of carbonyl (C=O) groups is 3. The van der Waals surface area contributed by atoms with Crippen LogP contribution in [-0.4, -0.2) is 37.2 Å². The van der Waals surface area contributed by atoms with E-state index in [0.29, 0.717) is 19.3 Å². The minimum absolute atomic E-state index is 0.0789. The van der Waals surface area contributed by atoms with E-state index in [1.807, 2.05) is 0 Å². The van der Waals surface area contributed by atoms with E-state index in [9.17, 15) is 14.4 Å². The largest absolute Gasteiger partial charge is 0.462 e. The zero-order chi connectivity index (χ0) is 38.7. The molecule has 0 saturated carbocycles. The number of esters is 3. The zero-order valence-electron chi connectivity index (χ0n) is 35.0. The lowest BCUT2D eigenvalue weighted by molar-refractivity contribution is -0.167. The number of allylic oxidation sites excluding steroid dienone is 6. The van der Waals surface area contributed by atoms with Gasteiger partial charge in [0.05, 0.1) is 0 Å². The topological polar surface area (TPSA) is 78.9 Å². The van der Waals surface area contributed by atoms with Crippen LogP contribution in [0.4, 0.5) is 0 Å². The van der Waals surface area contributed by atoms with E-state index in [1.54, 1.807) is 0 Å². The molecule has 0 N–H and O–H groups in total. The molecule has 6 heteroatoms. The van der Waals surface area contributed by atoms with Gasteiger partial charge in [0.15, 0.2) is 6.10 Å². The molecule has 1 atom stereocenters. The van der Waals surface area contributed by atoms with Gasteiger partial charge in [0.25, 0.3) is 0 Å². The molecule has 0 amide bonds. The standard InChI is InChI=1S/C47H84O6/c1-4-7-10-13-16-19-21-22-23-24-25-27-28-31-34-37-40-46(49)52-43-44(42-51-45(48)39-36-33-30-18-15-12-9-6-3)53-47(50)41-38-35-32-29-26-20-17-14-11-8-5-2/h14,17,19,21,23-24,44H,4-13,15-16,18,20,22,25-43H2,1-3H3/b17-14-,21-19-,24-23-. The second-order valence-electron chi connectivity index (χ2n) is 15.0. The molecule has 0 saturated heterocycles. The van der Waals surface area contributed by atoms with Gasteiger partial charge in [-0.1, -0.05) is 173 Å². The van der Waals surface area contributed by atoms with E-state index in [4.69, 9.17) is 14.2 Å². The molecule has 0 heterocycles. The summed E-state index contributed by atoms with van der Waals surface area (Å²) in [5.41, 5.74) is 0. The predicted molar refractivity (Wildman–Crippen MR) is 224 cm³/mol. The first-order valence-corrected chi connectivity index (χ1v) is 22.5. The van der Waals surface area contributed by atoms with Gasteiger partial charge < -0.3 is 14.2 Å². The van der Waals surface area contributed by atoms with Crippen LogP contribution in [0.3, 0.4) is 0 Å². The van der Waals surface area contributed by atoms with E-state index in [1.165, 1.54) is 96.3 Å². The minimum Gasteiger partial charge on any atom is -0.462 e. The lowest BCUT2D eigenvalue weighted by Crippen LogP contribution is -2.30. The highest BCUT2D eigenvalue weighted by Crippen LogP contribution is 2.13. The molecule has 53 heavy (non-hydrogen) atoms. The summed E-state index contributed by atoms with van der Waals surface area (Å²) < 4.78 is 16.6. The minimum atomic E-state index is -0.775. The third-order valence-corrected chi connectivity index (χ3v) is 9.62. The van der Waals surface area contributed by atoms with E-state index in [0.717, 1.165) is 89.9 Å². The highest BCUT2D eigenvalue weighted by atomic mass is 16.6. The Bertz CT molecular complexity index is 907. The highest BCUT2D eigenvalue weighted by molar-refractivity contribution is 5.71. The second kappa shape index (κ2) is 42.4. The molecular weight excluding hydrogens is 661 g/mol. The fourth-order valence-corrected chi connectivity index (χ4v) is 6.16. The third kappa shape index (κ3) is 40.6. The molecule has 0 aliphatic rings. The Kier molecular flexibility index (Phi) is 40.5. The smallest absolute Gasteiger partial charge is 0.306 e. The summed E-state index contributed by atoms with van der Waals surface area (Å²) in [6, 6.07) is 0. The summed E-state index contributed by atoms with van der Waals surface area (Å²) in [6.07, 6.45) is 47.0. The number of hydrogen-bond donors (Lipinski definition) is 0. The van der Waals surface area contributed by atoms with Crippen molar-refractivity contribution in [2.75, 3.05) is 13.2 Å². The highest BCUT2D eigenvalue weighted by Gasteiger charge is 2.19. The van der Waals surface area contributed by atoms with Gasteiger partial charge in [-0.25, -0.2) is 0 Å². The van der Waals surface area contributed by atoms with Gasteiger partial charge in [0.2, 0.25) is 0 Å². The maximum absolute atomic E-state index is 12.7. The van der Waals surface area contributed by atoms with Crippen molar-refractivity contribution < 1.29 is 28.6 Å². The number of hydrogen-bond acceptors (Lipinski definition) is 6. The van der Waals surface area contributed by atoms with Crippen molar-refractivity contribution in [2.24, 2.45) is 0 Å². The number of carbonyl (C=O) groups excluding carboxylic acids is 3. The second-order valence-corrected chi connectivity index (χ2v) is 15.0. The molecule has 1 unspecified atom stereocenters. The normalized spacial score (nSPS) is 12.3. The Morgan fingerprint density at radius 1 is 0.377 bits per heavy atom. The van der Waals surface area contributed by atoms with Gasteiger partial charge >= 0.3 is 17.9 Å². The molecule has 0 rings (SSSR count). The summed E-state index contributed by atoms with van der Waals surface area (Å²) in [4.78, 5) is 37.6. The number of ether oxygens (including phenoxy) is 3. The lowest BCUT2D eigenvalue weighted by atomic mass is 10.1. The molecule has 0 fully saturated rings. The monoisotopic (exact) mass is 745 g/mol. The quantitative estimate of drug-likeness (QED) is 0.0269. The Morgan fingerprint density at radius 3 is 1.13 bits per heavy atom. The molecule has 308 valence electrons. The maximum Gasteiger partial charge on any atom is 0.306 e. The lowest BCUT2D eigenvalue weighted by Gasteiger charge is -2.18. The Balaban J connectivity index is 4.34. The van der Waals surface area contributed by atoms with Crippen LogP contribution in [0.25, 0.3) is 0 Å². The molecule has 0 aliphatic heterocycles. The van der Waals surface area contributed by atoms with Crippen LogP contribution in [-0.2, 0) is 28.6 Å². The van der Waals surface area contributed by atoms with Gasteiger partial charge in [0, 0.05) is 19.3 Å². The molecule has 0 radical (unpaired) electrons. The number of unbranched alkanes of at least 4 members (excludes halogenated alkanes) is 23. The van der Waals surface area contributed by atoms with E-state index < -0.39 is 6.10 Å². The summed E-state index contributed by atoms with van der Waals surface area (Å²) in [5, 5.41) is 0. The number of rotatable bonds is 40. The van der Waals surface area contributed by atoms with Crippen molar-refractivity contribution in [1.29, 1.82) is 0 Å². The molecule has 0 aromatic heterocycles. The Hall–Kier alpha value is -2.37. The molecule has 0 aromatic rings. The van der Waals surface area contributed by atoms with Crippen LogP contribution in [0.2, 0.25) is 0 Å². The van der Waals surface area contributed by atoms with E-state index >= 15 is 0 Å². The van der Waals surface area contributed by atoms with Gasteiger partial charge in [-0.2, -0.15) is 0 Å². The Morgan fingerprint density at radius 2 is 0.698 bits per heavy atom. The average molecular weight is 745 g/mol. The van der Waals surface area contributed by atoms with Crippen LogP contribution in [0.1, 0.15) is 226 Å². The molecule has 0 aromatic carbocycles. The first-order chi connectivity index (χ1) is 26.0.